The molecule has 3 nitrogen and oxygen atoms in total. The van der Waals surface area contributed by atoms with Gasteiger partial charge in [-0.15, -0.1) is 27.8 Å². The molecule has 2 rings (SSSR count). The van der Waals surface area contributed by atoms with E-state index in [1.54, 1.807) is 29.8 Å². The molecule has 0 aliphatic heterocycles. The smallest absolute Gasteiger partial charge is 0.357 e. The van der Waals surface area contributed by atoms with Crippen molar-refractivity contribution in [2.75, 3.05) is 0 Å². The van der Waals surface area contributed by atoms with E-state index in [2.05, 4.69) is 5.48 Å². The molecule has 6 heteroatoms. The Morgan fingerprint density at radius 2 is 2.05 bits per heavy atom. The molecule has 0 aliphatic carbocycles. The number of hydrogen-bond acceptors (Lipinski definition) is 3. The highest BCUT2D eigenvalue weighted by atomic mass is 35.5. The minimum atomic E-state index is -0.420. The predicted octanol–water partition coefficient (Wildman–Crippen LogP) is 3.41. The highest BCUT2D eigenvalue weighted by Crippen LogP contribution is 2.19. The van der Waals surface area contributed by atoms with Gasteiger partial charge in [0.2, 0.25) is 0 Å². The molecule has 0 spiro atoms. The second kappa shape index (κ2) is 7.25. The van der Waals surface area contributed by atoms with Gasteiger partial charge in [0.1, 0.15) is 0 Å². The van der Waals surface area contributed by atoms with Crippen molar-refractivity contribution in [2.45, 2.75) is 0 Å². The van der Waals surface area contributed by atoms with E-state index in [-0.39, 0.29) is 0 Å². The maximum absolute atomic E-state index is 11.5. The average Bonchev–Trinajstić information content (AvgIpc) is 2.85. The van der Waals surface area contributed by atoms with Crippen molar-refractivity contribution in [1.29, 1.82) is 0 Å². The first kappa shape index (κ1) is 14.0. The number of halogens is 1. The molecule has 0 saturated heterocycles. The molecule has 0 unspecified atom stereocenters. The molecule has 1 aromatic carbocycles. The Hall–Kier alpha value is -1.40. The van der Waals surface area contributed by atoms with Gasteiger partial charge in [-0.05, 0) is 24.3 Å². The molecule has 1 heterocycles. The largest absolute Gasteiger partial charge is 0.362 e. The number of thiophene rings is 1. The molecule has 0 atom stereocenters. The van der Waals surface area contributed by atoms with Gasteiger partial charge in [0.25, 0.3) is 0 Å². The first-order chi connectivity index (χ1) is 9.25. The minimum Gasteiger partial charge on any atom is -0.362 e. The van der Waals surface area contributed by atoms with Crippen LogP contribution in [0.4, 0.5) is 0 Å². The van der Waals surface area contributed by atoms with Crippen molar-refractivity contribution in [3.05, 3.63) is 57.2 Å². The molecule has 98 valence electrons. The number of nitrogens with one attached hydrogen (secondary N) is 1. The van der Waals surface area contributed by atoms with E-state index in [0.29, 0.717) is 5.56 Å². The fraction of sp³-hybridized carbons (Fsp3) is 0. The summed E-state index contributed by atoms with van der Waals surface area (Å²) in [5, 5.41) is 1.90. The first-order valence-corrected chi connectivity index (χ1v) is 7.47. The zero-order chi connectivity index (χ0) is 13.5. The molecule has 1 aromatic heterocycles. The summed E-state index contributed by atoms with van der Waals surface area (Å²) in [7, 11) is 1.37. The van der Waals surface area contributed by atoms with Crippen LogP contribution in [0.3, 0.4) is 0 Å². The van der Waals surface area contributed by atoms with Gasteiger partial charge >= 0.3 is 5.97 Å². The average molecular weight is 312 g/mol. The number of hydrogen-bond donors (Lipinski definition) is 1. The van der Waals surface area contributed by atoms with Crippen LogP contribution in [0.2, 0.25) is 4.34 Å². The van der Waals surface area contributed by atoms with E-state index in [1.165, 1.54) is 22.3 Å². The highest BCUT2D eigenvalue weighted by Gasteiger charge is 2.03. The molecule has 0 saturated carbocycles. The van der Waals surface area contributed by atoms with Gasteiger partial charge in [-0.25, -0.2) is 4.79 Å². The van der Waals surface area contributed by atoms with Crippen LogP contribution >= 0.6 is 33.9 Å². The normalized spacial score (nSPS) is 9.74. The summed E-state index contributed by atoms with van der Waals surface area (Å²) in [5.41, 5.74) is 4.57. The van der Waals surface area contributed by atoms with Gasteiger partial charge in [0.05, 0.1) is 15.4 Å². The van der Waals surface area contributed by atoms with Gasteiger partial charge in [-0.3, -0.25) is 0 Å². The molecule has 0 fully saturated rings. The third-order valence-corrected chi connectivity index (χ3v) is 4.01. The maximum Gasteiger partial charge on any atom is 0.357 e. The Labute approximate surface area is 123 Å². The third kappa shape index (κ3) is 4.65. The third-order valence-electron chi connectivity index (χ3n) is 2.06. The van der Waals surface area contributed by atoms with Crippen LogP contribution in [0.15, 0.2) is 42.5 Å². The van der Waals surface area contributed by atoms with Crippen LogP contribution in [0, 0.1) is 0 Å². The van der Waals surface area contributed by atoms with Gasteiger partial charge in [0, 0.05) is 10.2 Å². The SMILES string of the molecule is O=C(ONC=S=Cc1ccc(Cl)s1)c1ccccc1. The fourth-order valence-corrected chi connectivity index (χ4v) is 2.80. The van der Waals surface area contributed by atoms with Gasteiger partial charge in [-0.1, -0.05) is 29.8 Å². The number of rotatable bonds is 4. The summed E-state index contributed by atoms with van der Waals surface area (Å²) in [4.78, 5) is 17.4. The van der Waals surface area contributed by atoms with E-state index in [1.807, 2.05) is 23.6 Å². The van der Waals surface area contributed by atoms with Crippen molar-refractivity contribution in [3.8, 4) is 0 Å². The lowest BCUT2D eigenvalue weighted by Gasteiger charge is -1.99. The quantitative estimate of drug-likeness (QED) is 0.694. The second-order valence-electron chi connectivity index (χ2n) is 3.39. The maximum atomic E-state index is 11.5. The van der Waals surface area contributed by atoms with Crippen LogP contribution in [0.5, 0.6) is 0 Å². The molecule has 0 bridgehead atoms. The zero-order valence-corrected chi connectivity index (χ0v) is 12.1. The molecule has 19 heavy (non-hydrogen) atoms. The molecule has 2 aromatic rings. The van der Waals surface area contributed by atoms with E-state index in [0.717, 1.165) is 9.21 Å². The van der Waals surface area contributed by atoms with E-state index in [4.69, 9.17) is 16.4 Å². The summed E-state index contributed by atoms with van der Waals surface area (Å²) in [6.07, 6.45) is 0. The monoisotopic (exact) mass is 311 g/mol. The summed E-state index contributed by atoms with van der Waals surface area (Å²) < 4.78 is 0.746. The topological polar surface area (TPSA) is 38.3 Å². The van der Waals surface area contributed by atoms with E-state index in [9.17, 15) is 4.79 Å². The van der Waals surface area contributed by atoms with Crippen molar-refractivity contribution in [2.24, 2.45) is 0 Å². The minimum absolute atomic E-state index is 0.420. The molecule has 1 N–H and O–H groups in total. The number of carbonyl (C=O) groups excluding carboxylic acids is 1. The number of carbonyl (C=O) groups is 1. The molecule has 0 aliphatic rings. The van der Waals surface area contributed by atoms with Crippen molar-refractivity contribution in [1.82, 2.24) is 5.48 Å². The molecular weight excluding hydrogens is 302 g/mol. The van der Waals surface area contributed by atoms with Gasteiger partial charge in [-0.2, -0.15) is 0 Å². The van der Waals surface area contributed by atoms with Crippen LogP contribution in [-0.4, -0.2) is 16.8 Å². The van der Waals surface area contributed by atoms with Crippen LogP contribution < -0.4 is 5.48 Å². The van der Waals surface area contributed by atoms with Crippen LogP contribution in [-0.2, 0) is 4.84 Å². The Morgan fingerprint density at radius 3 is 2.74 bits per heavy atom. The van der Waals surface area contributed by atoms with Crippen molar-refractivity contribution < 1.29 is 9.63 Å². The zero-order valence-electron chi connectivity index (χ0n) is 9.71. The molecule has 0 amide bonds. The van der Waals surface area contributed by atoms with E-state index < -0.39 is 5.97 Å². The van der Waals surface area contributed by atoms with Gasteiger partial charge < -0.3 is 4.84 Å². The fourth-order valence-electron chi connectivity index (χ4n) is 1.23. The Balaban J connectivity index is 1.83. The van der Waals surface area contributed by atoms with Crippen molar-refractivity contribution in [3.63, 3.8) is 0 Å². The summed E-state index contributed by atoms with van der Waals surface area (Å²) in [6, 6.07) is 12.5. The number of benzene rings is 1. The number of hydroxylamine groups is 1. The van der Waals surface area contributed by atoms with Crippen LogP contribution in [0.1, 0.15) is 15.2 Å². The van der Waals surface area contributed by atoms with E-state index >= 15 is 0 Å². The summed E-state index contributed by atoms with van der Waals surface area (Å²) in [6.45, 7) is 0. The van der Waals surface area contributed by atoms with Gasteiger partial charge in [0.15, 0.2) is 0 Å². The standard InChI is InChI=1S/C13H10ClNO2S2/c14-12-7-6-11(19-12)8-18-9-15-17-13(16)10-4-2-1-3-5-10/h1-9,15H. The second-order valence-corrected chi connectivity index (χ2v) is 5.88. The Bertz CT molecular complexity index is 619. The van der Waals surface area contributed by atoms with Crippen LogP contribution in [0.25, 0.3) is 0 Å². The summed E-state index contributed by atoms with van der Waals surface area (Å²) >= 11 is 7.29. The van der Waals surface area contributed by atoms with Crippen molar-refractivity contribution >= 4 is 50.7 Å². The lowest BCUT2D eigenvalue weighted by Crippen LogP contribution is -2.17. The first-order valence-electron chi connectivity index (χ1n) is 5.33. The Morgan fingerprint density at radius 1 is 1.26 bits per heavy atom. The molecule has 0 radical (unpaired) electrons. The summed E-state index contributed by atoms with van der Waals surface area (Å²) in [5.74, 6) is -0.420. The Kier molecular flexibility index (Phi) is 5.35. The lowest BCUT2D eigenvalue weighted by atomic mass is 10.2. The lowest BCUT2D eigenvalue weighted by molar-refractivity contribution is 0.0398. The highest BCUT2D eigenvalue weighted by molar-refractivity contribution is 7.96. The predicted molar refractivity (Wildman–Crippen MR) is 83.1 cm³/mol. The molecular formula is C13H10ClNO2S2.